The Balaban J connectivity index is 1.09. The number of furan rings is 2. The third kappa shape index (κ3) is 4.43. The first-order valence-corrected chi connectivity index (χ1v) is 17.7. The van der Waals surface area contributed by atoms with Gasteiger partial charge in [-0.2, -0.15) is 0 Å². The Bertz CT molecular complexity index is 3160. The number of rotatable bonds is 4. The molecule has 0 atom stereocenters. The molecule has 5 nitrogen and oxygen atoms in total. The number of thiophene rings is 1. The van der Waals surface area contributed by atoms with Crippen molar-refractivity contribution >= 4 is 75.4 Å². The number of aromatic nitrogens is 3. The van der Waals surface area contributed by atoms with Crippen LogP contribution in [-0.4, -0.2) is 15.0 Å². The lowest BCUT2D eigenvalue weighted by atomic mass is 10.00. The molecular formula is C45H25N3O2S. The van der Waals surface area contributed by atoms with E-state index in [1.807, 2.05) is 66.7 Å². The van der Waals surface area contributed by atoms with E-state index in [0.29, 0.717) is 17.5 Å². The van der Waals surface area contributed by atoms with Crippen LogP contribution in [0.4, 0.5) is 0 Å². The van der Waals surface area contributed by atoms with Crippen LogP contribution in [-0.2, 0) is 0 Å². The van der Waals surface area contributed by atoms with E-state index in [1.165, 1.54) is 10.1 Å². The second-order valence-corrected chi connectivity index (χ2v) is 13.8. The second kappa shape index (κ2) is 10.9. The molecule has 0 fully saturated rings. The maximum absolute atomic E-state index is 6.40. The van der Waals surface area contributed by atoms with Gasteiger partial charge in [0.25, 0.3) is 0 Å². The Labute approximate surface area is 295 Å². The topological polar surface area (TPSA) is 65.0 Å². The van der Waals surface area contributed by atoms with Gasteiger partial charge in [-0.05, 0) is 48.0 Å². The lowest BCUT2D eigenvalue weighted by Gasteiger charge is -2.09. The zero-order valence-electron chi connectivity index (χ0n) is 27.0. The summed E-state index contributed by atoms with van der Waals surface area (Å²) < 4.78 is 15.0. The lowest BCUT2D eigenvalue weighted by Crippen LogP contribution is -2.00. The molecule has 0 N–H and O–H groups in total. The van der Waals surface area contributed by atoms with E-state index in [0.717, 1.165) is 81.8 Å². The van der Waals surface area contributed by atoms with E-state index in [1.54, 1.807) is 11.3 Å². The first-order valence-electron chi connectivity index (χ1n) is 16.8. The van der Waals surface area contributed by atoms with Crippen molar-refractivity contribution in [3.05, 3.63) is 152 Å². The Morgan fingerprint density at radius 1 is 0.373 bits per heavy atom. The molecule has 0 unspecified atom stereocenters. The highest BCUT2D eigenvalue weighted by Gasteiger charge is 2.19. The minimum absolute atomic E-state index is 0.598. The molecule has 0 bridgehead atoms. The average Bonchev–Trinajstić information content (AvgIpc) is 3.88. The molecule has 0 aliphatic carbocycles. The molecule has 0 saturated heterocycles. The molecule has 0 amide bonds. The summed E-state index contributed by atoms with van der Waals surface area (Å²) in [6, 6.07) is 52.1. The monoisotopic (exact) mass is 671 g/mol. The van der Waals surface area contributed by atoms with Crippen LogP contribution in [0.25, 0.3) is 109 Å². The summed E-state index contributed by atoms with van der Waals surface area (Å²) in [5, 5.41) is 6.77. The maximum Gasteiger partial charge on any atom is 0.165 e. The Hall–Kier alpha value is -6.63. The van der Waals surface area contributed by atoms with E-state index < -0.39 is 0 Å². The molecule has 4 heterocycles. The van der Waals surface area contributed by atoms with Crippen molar-refractivity contribution in [3.8, 4) is 45.3 Å². The SMILES string of the molecule is c1ccc(-c2nc(-c3ccc4c(c3)oc3ccccc34)nc(-c3cccc4c3sc3ccc(-c5cccc6c5oc5ccccc56)cc34)n2)cc1. The summed E-state index contributed by atoms with van der Waals surface area (Å²) in [6.45, 7) is 0. The van der Waals surface area contributed by atoms with Gasteiger partial charge < -0.3 is 8.83 Å². The Morgan fingerprint density at radius 3 is 1.84 bits per heavy atom. The van der Waals surface area contributed by atoms with Crippen LogP contribution in [0, 0.1) is 0 Å². The van der Waals surface area contributed by atoms with Crippen LogP contribution in [0.5, 0.6) is 0 Å². The zero-order chi connectivity index (χ0) is 33.5. The fourth-order valence-corrected chi connectivity index (χ4v) is 8.52. The van der Waals surface area contributed by atoms with Gasteiger partial charge in [0.1, 0.15) is 22.3 Å². The normalized spacial score (nSPS) is 11.9. The third-order valence-electron chi connectivity index (χ3n) is 9.76. The highest BCUT2D eigenvalue weighted by molar-refractivity contribution is 7.26. The molecule has 51 heavy (non-hydrogen) atoms. The molecule has 0 aliphatic rings. The van der Waals surface area contributed by atoms with Gasteiger partial charge in [-0.3, -0.25) is 0 Å². The van der Waals surface area contributed by atoms with Crippen LogP contribution in [0.15, 0.2) is 160 Å². The Kier molecular flexibility index (Phi) is 6.05. The van der Waals surface area contributed by atoms with Gasteiger partial charge in [-0.25, -0.2) is 15.0 Å². The van der Waals surface area contributed by atoms with Gasteiger partial charge in [0.05, 0.1) is 0 Å². The fraction of sp³-hybridized carbons (Fsp3) is 0. The van der Waals surface area contributed by atoms with Crippen molar-refractivity contribution in [1.82, 2.24) is 15.0 Å². The van der Waals surface area contributed by atoms with Crippen LogP contribution >= 0.6 is 11.3 Å². The quantitative estimate of drug-likeness (QED) is 0.186. The number of hydrogen-bond acceptors (Lipinski definition) is 6. The van der Waals surface area contributed by atoms with Crippen LogP contribution in [0.1, 0.15) is 0 Å². The van der Waals surface area contributed by atoms with Crippen molar-refractivity contribution in [1.29, 1.82) is 0 Å². The van der Waals surface area contributed by atoms with Gasteiger partial charge in [0, 0.05) is 64.0 Å². The summed E-state index contributed by atoms with van der Waals surface area (Å²) in [4.78, 5) is 15.2. The minimum atomic E-state index is 0.598. The van der Waals surface area contributed by atoms with E-state index in [4.69, 9.17) is 23.8 Å². The van der Waals surface area contributed by atoms with E-state index in [-0.39, 0.29) is 0 Å². The number of nitrogens with zero attached hydrogens (tertiary/aromatic N) is 3. The summed E-state index contributed by atoms with van der Waals surface area (Å²) in [5.74, 6) is 1.85. The average molecular weight is 672 g/mol. The number of para-hydroxylation sites is 3. The first-order chi connectivity index (χ1) is 25.2. The minimum Gasteiger partial charge on any atom is -0.456 e. The maximum atomic E-state index is 6.40. The molecule has 11 rings (SSSR count). The zero-order valence-corrected chi connectivity index (χ0v) is 27.8. The summed E-state index contributed by atoms with van der Waals surface area (Å²) in [6.07, 6.45) is 0. The molecular weight excluding hydrogens is 647 g/mol. The van der Waals surface area contributed by atoms with E-state index in [2.05, 4.69) is 84.9 Å². The predicted octanol–water partition coefficient (Wildman–Crippen LogP) is 12.7. The van der Waals surface area contributed by atoms with Gasteiger partial charge >= 0.3 is 0 Å². The molecule has 7 aromatic carbocycles. The summed E-state index contributed by atoms with van der Waals surface area (Å²) >= 11 is 1.76. The highest BCUT2D eigenvalue weighted by atomic mass is 32.1. The molecule has 0 spiro atoms. The summed E-state index contributed by atoms with van der Waals surface area (Å²) in [5.41, 5.74) is 8.44. The fourth-order valence-electron chi connectivity index (χ4n) is 7.32. The molecule has 0 radical (unpaired) electrons. The number of fused-ring (bicyclic) bond motifs is 9. The first kappa shape index (κ1) is 28.2. The summed E-state index contributed by atoms with van der Waals surface area (Å²) in [7, 11) is 0. The van der Waals surface area contributed by atoms with E-state index in [9.17, 15) is 0 Å². The molecule has 6 heteroatoms. The van der Waals surface area contributed by atoms with Crippen LogP contribution in [0.2, 0.25) is 0 Å². The third-order valence-corrected chi connectivity index (χ3v) is 11.0. The second-order valence-electron chi connectivity index (χ2n) is 12.8. The lowest BCUT2D eigenvalue weighted by molar-refractivity contribution is 0.669. The van der Waals surface area contributed by atoms with Crippen LogP contribution < -0.4 is 0 Å². The predicted molar refractivity (Wildman–Crippen MR) is 209 cm³/mol. The molecule has 238 valence electrons. The van der Waals surface area contributed by atoms with Gasteiger partial charge in [0.2, 0.25) is 0 Å². The molecule has 4 aromatic heterocycles. The van der Waals surface area contributed by atoms with Crippen molar-refractivity contribution in [2.75, 3.05) is 0 Å². The number of hydrogen-bond donors (Lipinski definition) is 0. The molecule has 0 saturated carbocycles. The smallest absolute Gasteiger partial charge is 0.165 e. The Morgan fingerprint density at radius 2 is 1.00 bits per heavy atom. The van der Waals surface area contributed by atoms with Crippen molar-refractivity contribution in [2.45, 2.75) is 0 Å². The number of benzene rings is 7. The van der Waals surface area contributed by atoms with E-state index >= 15 is 0 Å². The molecule has 11 aromatic rings. The molecule has 0 aliphatic heterocycles. The van der Waals surface area contributed by atoms with Gasteiger partial charge in [-0.1, -0.05) is 109 Å². The van der Waals surface area contributed by atoms with Crippen LogP contribution in [0.3, 0.4) is 0 Å². The van der Waals surface area contributed by atoms with Crippen molar-refractivity contribution < 1.29 is 8.83 Å². The van der Waals surface area contributed by atoms with Gasteiger partial charge in [-0.15, -0.1) is 11.3 Å². The largest absolute Gasteiger partial charge is 0.456 e. The standard InChI is InChI=1S/C45H25N3O2S/c1-2-10-26(11-3-1)43-46-44(28-20-22-32-30-12-4-6-18-37(30)49-39(32)25-28)48-45(47-43)35-17-9-16-34-36-24-27(21-23-40(36)51-42(34)35)29-14-8-15-33-31-13-5-7-19-38(31)50-41(29)33/h1-25H. The van der Waals surface area contributed by atoms with Crippen molar-refractivity contribution in [2.24, 2.45) is 0 Å². The van der Waals surface area contributed by atoms with Crippen molar-refractivity contribution in [3.63, 3.8) is 0 Å². The van der Waals surface area contributed by atoms with Gasteiger partial charge in [0.15, 0.2) is 17.5 Å². The highest BCUT2D eigenvalue weighted by Crippen LogP contribution is 2.43.